The van der Waals surface area contributed by atoms with Gasteiger partial charge < -0.3 is 19.5 Å². The molecule has 1 fully saturated rings. The van der Waals surface area contributed by atoms with Crippen LogP contribution in [0.3, 0.4) is 0 Å². The number of carbonyl (C=O) groups excluding carboxylic acids is 2. The number of amides is 2. The molecule has 0 aliphatic carbocycles. The van der Waals surface area contributed by atoms with Gasteiger partial charge in [-0.3, -0.25) is 9.78 Å². The van der Waals surface area contributed by atoms with Crippen LogP contribution < -0.4 is 4.74 Å². The third-order valence-corrected chi connectivity index (χ3v) is 4.61. The fourth-order valence-electron chi connectivity index (χ4n) is 3.16. The van der Waals surface area contributed by atoms with Crippen molar-refractivity contribution in [1.82, 2.24) is 24.8 Å². The van der Waals surface area contributed by atoms with Crippen molar-refractivity contribution in [3.63, 3.8) is 0 Å². The first-order valence-electron chi connectivity index (χ1n) is 8.83. The average Bonchev–Trinajstić information content (AvgIpc) is 3.13. The van der Waals surface area contributed by atoms with Gasteiger partial charge in [0, 0.05) is 32.4 Å². The fourth-order valence-corrected chi connectivity index (χ4v) is 3.16. The lowest BCUT2D eigenvalue weighted by atomic mass is 10.2. The van der Waals surface area contributed by atoms with Crippen LogP contribution in [0.1, 0.15) is 16.2 Å². The van der Waals surface area contributed by atoms with Crippen molar-refractivity contribution in [2.45, 2.75) is 6.92 Å². The molecule has 144 valence electrons. The van der Waals surface area contributed by atoms with Crippen molar-refractivity contribution in [1.29, 1.82) is 0 Å². The summed E-state index contributed by atoms with van der Waals surface area (Å²) >= 11 is 0. The van der Waals surface area contributed by atoms with Gasteiger partial charge in [-0.05, 0) is 36.8 Å². The molecule has 2 aromatic heterocycles. The molecule has 0 saturated carbocycles. The summed E-state index contributed by atoms with van der Waals surface area (Å²) in [5.41, 5.74) is 1.72. The lowest BCUT2D eigenvalue weighted by Gasteiger charge is -2.33. The van der Waals surface area contributed by atoms with Crippen LogP contribution in [-0.2, 0) is 0 Å². The maximum atomic E-state index is 13.5. The number of aromatic nitrogens is 3. The van der Waals surface area contributed by atoms with Crippen molar-refractivity contribution < 1.29 is 18.7 Å². The van der Waals surface area contributed by atoms with Gasteiger partial charge in [0.25, 0.3) is 5.91 Å². The molecule has 2 amide bonds. The Bertz CT molecular complexity index is 1030. The van der Waals surface area contributed by atoms with Gasteiger partial charge in [-0.15, -0.1) is 0 Å². The minimum absolute atomic E-state index is 0.162. The summed E-state index contributed by atoms with van der Waals surface area (Å²) in [6.45, 7) is 3.14. The van der Waals surface area contributed by atoms with Crippen molar-refractivity contribution in [3.05, 3.63) is 53.9 Å². The van der Waals surface area contributed by atoms with E-state index >= 15 is 0 Å². The zero-order valence-corrected chi connectivity index (χ0v) is 15.2. The summed E-state index contributed by atoms with van der Waals surface area (Å²) in [7, 11) is 0. The first kappa shape index (κ1) is 17.9. The van der Waals surface area contributed by atoms with E-state index in [-0.39, 0.29) is 17.5 Å². The molecule has 0 radical (unpaired) electrons. The number of piperazine rings is 1. The predicted molar refractivity (Wildman–Crippen MR) is 98.5 cm³/mol. The molecule has 3 aromatic rings. The van der Waals surface area contributed by atoms with E-state index in [0.29, 0.717) is 48.5 Å². The number of pyridine rings is 1. The number of aryl methyl sites for hydroxylation is 1. The summed E-state index contributed by atoms with van der Waals surface area (Å²) in [5, 5.41) is 0. The molecule has 0 bridgehead atoms. The number of H-pyrrole nitrogens is 1. The van der Waals surface area contributed by atoms with Gasteiger partial charge in [0.15, 0.2) is 11.6 Å². The second-order valence-electron chi connectivity index (χ2n) is 6.54. The van der Waals surface area contributed by atoms with E-state index in [0.717, 1.165) is 0 Å². The van der Waals surface area contributed by atoms with Gasteiger partial charge in [-0.1, -0.05) is 0 Å². The SMILES string of the molecule is Cc1cc(F)cc2[nH]c(C(=O)N3CCN(C(=O)Oc4cccnc4)CC3)nc12. The standard InChI is InChI=1S/C19H18FN5O3/c1-12-9-13(20)10-15-16(12)23-17(22-15)18(26)24-5-7-25(8-6-24)19(27)28-14-3-2-4-21-11-14/h2-4,9-11H,5-8H2,1H3,(H,22,23). The molecule has 0 unspecified atom stereocenters. The van der Waals surface area contributed by atoms with Crippen LogP contribution in [0.25, 0.3) is 11.0 Å². The Hall–Kier alpha value is -3.49. The molecule has 3 heterocycles. The highest BCUT2D eigenvalue weighted by Gasteiger charge is 2.27. The highest BCUT2D eigenvalue weighted by molar-refractivity contribution is 5.95. The van der Waals surface area contributed by atoms with Crippen LogP contribution in [0.2, 0.25) is 0 Å². The number of halogens is 1. The Morgan fingerprint density at radius 1 is 1.18 bits per heavy atom. The zero-order valence-electron chi connectivity index (χ0n) is 15.2. The maximum Gasteiger partial charge on any atom is 0.415 e. The number of rotatable bonds is 2. The summed E-state index contributed by atoms with van der Waals surface area (Å²) in [6.07, 6.45) is 2.58. The second kappa shape index (κ2) is 7.26. The summed E-state index contributed by atoms with van der Waals surface area (Å²) in [6, 6.07) is 6.03. The third-order valence-electron chi connectivity index (χ3n) is 4.61. The van der Waals surface area contributed by atoms with Crippen molar-refractivity contribution in [3.8, 4) is 5.75 Å². The lowest BCUT2D eigenvalue weighted by Crippen LogP contribution is -2.51. The molecule has 1 aromatic carbocycles. The van der Waals surface area contributed by atoms with Crippen LogP contribution in [0.15, 0.2) is 36.7 Å². The number of fused-ring (bicyclic) bond motifs is 1. The number of ether oxygens (including phenoxy) is 1. The number of carbonyl (C=O) groups is 2. The summed E-state index contributed by atoms with van der Waals surface area (Å²) in [5.74, 6) is -0.129. The number of aromatic amines is 1. The van der Waals surface area contributed by atoms with Crippen molar-refractivity contribution >= 4 is 23.0 Å². The molecule has 1 aliphatic heterocycles. The molecular formula is C19H18FN5O3. The number of nitrogens with one attached hydrogen (secondary N) is 1. The number of imidazole rings is 1. The summed E-state index contributed by atoms with van der Waals surface area (Å²) in [4.78, 5) is 39.2. The normalized spacial score (nSPS) is 14.4. The maximum absolute atomic E-state index is 13.5. The van der Waals surface area contributed by atoms with E-state index in [1.807, 2.05) is 0 Å². The molecule has 1 aliphatic rings. The van der Waals surface area contributed by atoms with Gasteiger partial charge >= 0.3 is 6.09 Å². The van der Waals surface area contributed by atoms with Gasteiger partial charge in [-0.2, -0.15) is 0 Å². The number of nitrogens with zero attached hydrogens (tertiary/aromatic N) is 4. The van der Waals surface area contributed by atoms with E-state index in [1.54, 1.807) is 30.2 Å². The topological polar surface area (TPSA) is 91.4 Å². The molecule has 9 heteroatoms. The van der Waals surface area contributed by atoms with Gasteiger partial charge in [0.05, 0.1) is 17.2 Å². The van der Waals surface area contributed by atoms with E-state index in [2.05, 4.69) is 15.0 Å². The largest absolute Gasteiger partial charge is 0.415 e. The van der Waals surface area contributed by atoms with Gasteiger partial charge in [0.2, 0.25) is 0 Å². The van der Waals surface area contributed by atoms with E-state index in [9.17, 15) is 14.0 Å². The molecule has 1 N–H and O–H groups in total. The monoisotopic (exact) mass is 383 g/mol. The highest BCUT2D eigenvalue weighted by Crippen LogP contribution is 2.19. The molecule has 0 spiro atoms. The van der Waals surface area contributed by atoms with Crippen LogP contribution in [0.4, 0.5) is 9.18 Å². The Kier molecular flexibility index (Phi) is 4.64. The first-order chi connectivity index (χ1) is 13.5. The smallest absolute Gasteiger partial charge is 0.409 e. The fraction of sp³-hybridized carbons (Fsp3) is 0.263. The quantitative estimate of drug-likeness (QED) is 0.734. The number of hydrogen-bond acceptors (Lipinski definition) is 5. The molecule has 0 atom stereocenters. The van der Waals surface area contributed by atoms with Crippen LogP contribution in [0.5, 0.6) is 5.75 Å². The van der Waals surface area contributed by atoms with Crippen LogP contribution >= 0.6 is 0 Å². The molecule has 1 saturated heterocycles. The lowest BCUT2D eigenvalue weighted by molar-refractivity contribution is 0.0623. The Labute approximate surface area is 159 Å². The molecule has 4 rings (SSSR count). The second-order valence-corrected chi connectivity index (χ2v) is 6.54. The summed E-state index contributed by atoms with van der Waals surface area (Å²) < 4.78 is 18.8. The van der Waals surface area contributed by atoms with Gasteiger partial charge in [0.1, 0.15) is 5.82 Å². The Morgan fingerprint density at radius 2 is 1.93 bits per heavy atom. The molecule has 28 heavy (non-hydrogen) atoms. The molecular weight excluding hydrogens is 365 g/mol. The van der Waals surface area contributed by atoms with E-state index < -0.39 is 6.09 Å². The van der Waals surface area contributed by atoms with Crippen molar-refractivity contribution in [2.75, 3.05) is 26.2 Å². The Balaban J connectivity index is 1.40. The third kappa shape index (κ3) is 3.51. The number of hydrogen-bond donors (Lipinski definition) is 1. The Morgan fingerprint density at radius 3 is 2.64 bits per heavy atom. The van der Waals surface area contributed by atoms with Gasteiger partial charge in [-0.25, -0.2) is 14.2 Å². The van der Waals surface area contributed by atoms with Crippen molar-refractivity contribution in [2.24, 2.45) is 0 Å². The number of benzene rings is 1. The van der Waals surface area contributed by atoms with E-state index in [1.165, 1.54) is 23.2 Å². The van der Waals surface area contributed by atoms with Crippen LogP contribution in [0, 0.1) is 12.7 Å². The minimum atomic E-state index is -0.477. The zero-order chi connectivity index (χ0) is 19.7. The van der Waals surface area contributed by atoms with Crippen LogP contribution in [-0.4, -0.2) is 62.9 Å². The highest BCUT2D eigenvalue weighted by atomic mass is 19.1. The first-order valence-corrected chi connectivity index (χ1v) is 8.83. The molecule has 8 nitrogen and oxygen atoms in total. The minimum Gasteiger partial charge on any atom is -0.409 e. The van der Waals surface area contributed by atoms with E-state index in [4.69, 9.17) is 4.74 Å². The predicted octanol–water partition coefficient (Wildman–Crippen LogP) is 2.36. The average molecular weight is 383 g/mol.